The van der Waals surface area contributed by atoms with Crippen LogP contribution in [0.25, 0.3) is 0 Å². The second kappa shape index (κ2) is 6.68. The van der Waals surface area contributed by atoms with Gasteiger partial charge < -0.3 is 5.32 Å². The third kappa shape index (κ3) is 3.92. The predicted molar refractivity (Wildman–Crippen MR) is 78.7 cm³/mol. The van der Waals surface area contributed by atoms with Crippen molar-refractivity contribution in [2.45, 2.75) is 53.5 Å². The van der Waals surface area contributed by atoms with Gasteiger partial charge in [0.15, 0.2) is 0 Å². The molecule has 0 aliphatic heterocycles. The van der Waals surface area contributed by atoms with E-state index < -0.39 is 11.7 Å². The topological polar surface area (TPSA) is 64.0 Å². The van der Waals surface area contributed by atoms with E-state index in [9.17, 15) is 9.59 Å². The van der Waals surface area contributed by atoms with Crippen LogP contribution < -0.4 is 5.32 Å². The van der Waals surface area contributed by atoms with Crippen LogP contribution >= 0.6 is 0 Å². The molecule has 20 heavy (non-hydrogen) atoms. The number of nitrogens with zero attached hydrogens (tertiary/aromatic N) is 2. The van der Waals surface area contributed by atoms with Crippen molar-refractivity contribution in [2.24, 2.45) is 13.0 Å². The molecule has 1 heterocycles. The Balaban J connectivity index is 2.70. The molecule has 0 aliphatic carbocycles. The van der Waals surface area contributed by atoms with Crippen molar-refractivity contribution in [2.75, 3.05) is 0 Å². The second-order valence-electron chi connectivity index (χ2n) is 5.84. The Morgan fingerprint density at radius 2 is 1.80 bits per heavy atom. The molecule has 0 aromatic carbocycles. The molecule has 0 radical (unpaired) electrons. The first-order chi connectivity index (χ1) is 9.23. The molecule has 0 spiro atoms. The summed E-state index contributed by atoms with van der Waals surface area (Å²) in [6.07, 6.45) is 1.91. The largest absolute Gasteiger partial charge is 0.347 e. The number of carbonyl (C=O) groups is 2. The number of hydrogen-bond acceptors (Lipinski definition) is 3. The van der Waals surface area contributed by atoms with Crippen molar-refractivity contribution in [1.82, 2.24) is 15.1 Å². The van der Waals surface area contributed by atoms with Crippen LogP contribution in [-0.4, -0.2) is 27.5 Å². The highest BCUT2D eigenvalue weighted by Gasteiger charge is 2.24. The minimum atomic E-state index is -0.541. The number of carbonyl (C=O) groups excluding carboxylic acids is 2. The summed E-state index contributed by atoms with van der Waals surface area (Å²) in [6.45, 7) is 9.75. The van der Waals surface area contributed by atoms with Gasteiger partial charge in [-0.15, -0.1) is 0 Å². The van der Waals surface area contributed by atoms with E-state index in [0.717, 1.165) is 18.5 Å². The SMILES string of the molecule is Cc1nn(C)c(C)c1C(=O)C(=O)NC(C)CCC(C)C. The molecule has 0 saturated heterocycles. The lowest BCUT2D eigenvalue weighted by Crippen LogP contribution is -2.38. The van der Waals surface area contributed by atoms with Crippen LogP contribution in [0, 0.1) is 19.8 Å². The van der Waals surface area contributed by atoms with Gasteiger partial charge in [-0.05, 0) is 39.5 Å². The molecule has 0 fully saturated rings. The number of nitrogens with one attached hydrogen (secondary N) is 1. The Bertz CT molecular complexity index is 503. The molecule has 1 aromatic rings. The normalized spacial score (nSPS) is 12.6. The van der Waals surface area contributed by atoms with Crippen molar-refractivity contribution in [3.05, 3.63) is 17.0 Å². The van der Waals surface area contributed by atoms with Gasteiger partial charge in [0.25, 0.3) is 11.7 Å². The number of ketones is 1. The maximum atomic E-state index is 12.2. The van der Waals surface area contributed by atoms with Crippen LogP contribution in [0.3, 0.4) is 0 Å². The summed E-state index contributed by atoms with van der Waals surface area (Å²) in [5, 5.41) is 6.94. The van der Waals surface area contributed by atoms with Gasteiger partial charge in [0, 0.05) is 18.8 Å². The summed E-state index contributed by atoms with van der Waals surface area (Å²) in [6, 6.07) is 0.00568. The first-order valence-electron chi connectivity index (χ1n) is 7.09. The molecule has 5 heteroatoms. The number of Topliss-reactive ketones (excluding diaryl/α,β-unsaturated/α-hetero) is 1. The lowest BCUT2D eigenvalue weighted by Gasteiger charge is -2.14. The molecule has 1 aromatic heterocycles. The third-order valence-corrected chi connectivity index (χ3v) is 3.50. The molecule has 1 unspecified atom stereocenters. The third-order valence-electron chi connectivity index (χ3n) is 3.50. The summed E-state index contributed by atoms with van der Waals surface area (Å²) in [5.74, 6) is -0.446. The highest BCUT2D eigenvalue weighted by molar-refractivity contribution is 6.43. The zero-order valence-corrected chi connectivity index (χ0v) is 13.3. The lowest BCUT2D eigenvalue weighted by atomic mass is 10.0. The van der Waals surface area contributed by atoms with Gasteiger partial charge >= 0.3 is 0 Å². The van der Waals surface area contributed by atoms with E-state index in [4.69, 9.17) is 0 Å². The summed E-state index contributed by atoms with van der Waals surface area (Å²) in [5.41, 5.74) is 1.73. The van der Waals surface area contributed by atoms with E-state index in [2.05, 4.69) is 24.3 Å². The number of aryl methyl sites for hydroxylation is 2. The van der Waals surface area contributed by atoms with Gasteiger partial charge in [-0.1, -0.05) is 13.8 Å². The van der Waals surface area contributed by atoms with Crippen molar-refractivity contribution in [3.63, 3.8) is 0 Å². The average Bonchev–Trinajstić information content (AvgIpc) is 2.60. The van der Waals surface area contributed by atoms with Crippen LogP contribution in [0.4, 0.5) is 0 Å². The molecular weight excluding hydrogens is 254 g/mol. The Kier molecular flexibility index (Phi) is 5.48. The fraction of sp³-hybridized carbons (Fsp3) is 0.667. The molecule has 0 bridgehead atoms. The summed E-state index contributed by atoms with van der Waals surface area (Å²) >= 11 is 0. The van der Waals surface area contributed by atoms with E-state index in [-0.39, 0.29) is 6.04 Å². The maximum Gasteiger partial charge on any atom is 0.292 e. The predicted octanol–water partition coefficient (Wildman–Crippen LogP) is 2.16. The average molecular weight is 279 g/mol. The summed E-state index contributed by atoms with van der Waals surface area (Å²) in [4.78, 5) is 24.2. The zero-order valence-electron chi connectivity index (χ0n) is 13.3. The van der Waals surface area contributed by atoms with Gasteiger partial charge in [0.05, 0.1) is 11.3 Å². The first-order valence-corrected chi connectivity index (χ1v) is 7.09. The minimum Gasteiger partial charge on any atom is -0.347 e. The Hall–Kier alpha value is -1.65. The van der Waals surface area contributed by atoms with E-state index in [0.29, 0.717) is 17.2 Å². The highest BCUT2D eigenvalue weighted by atomic mass is 16.2. The molecule has 1 rings (SSSR count). The Morgan fingerprint density at radius 1 is 1.20 bits per heavy atom. The fourth-order valence-corrected chi connectivity index (χ4v) is 2.16. The van der Waals surface area contributed by atoms with Crippen LogP contribution in [0.2, 0.25) is 0 Å². The van der Waals surface area contributed by atoms with E-state index in [1.807, 2.05) is 6.92 Å². The van der Waals surface area contributed by atoms with E-state index in [1.165, 1.54) is 0 Å². The van der Waals surface area contributed by atoms with Gasteiger partial charge in [0.2, 0.25) is 0 Å². The van der Waals surface area contributed by atoms with Gasteiger partial charge in [0.1, 0.15) is 0 Å². The quantitative estimate of drug-likeness (QED) is 0.641. The Morgan fingerprint density at radius 3 is 2.25 bits per heavy atom. The van der Waals surface area contributed by atoms with E-state index in [1.54, 1.807) is 25.6 Å². The first kappa shape index (κ1) is 16.4. The number of rotatable bonds is 6. The van der Waals surface area contributed by atoms with Crippen LogP contribution in [0.15, 0.2) is 0 Å². The van der Waals surface area contributed by atoms with Gasteiger partial charge in [-0.3, -0.25) is 14.3 Å². The smallest absolute Gasteiger partial charge is 0.292 e. The highest BCUT2D eigenvalue weighted by Crippen LogP contribution is 2.13. The van der Waals surface area contributed by atoms with Gasteiger partial charge in [-0.2, -0.15) is 5.10 Å². The van der Waals surface area contributed by atoms with Crippen molar-refractivity contribution in [3.8, 4) is 0 Å². The van der Waals surface area contributed by atoms with Crippen molar-refractivity contribution >= 4 is 11.7 Å². The Labute approximate surface area is 120 Å². The van der Waals surface area contributed by atoms with Crippen molar-refractivity contribution in [1.29, 1.82) is 0 Å². The summed E-state index contributed by atoms with van der Waals surface area (Å²) in [7, 11) is 1.77. The summed E-state index contributed by atoms with van der Waals surface area (Å²) < 4.78 is 1.62. The fourth-order valence-electron chi connectivity index (χ4n) is 2.16. The molecule has 1 atom stereocenters. The molecule has 5 nitrogen and oxygen atoms in total. The standard InChI is InChI=1S/C15H25N3O2/c1-9(2)7-8-10(3)16-15(20)14(19)13-11(4)17-18(6)12(13)5/h9-10H,7-8H2,1-6H3,(H,16,20). The molecule has 0 saturated carbocycles. The van der Waals surface area contributed by atoms with E-state index >= 15 is 0 Å². The second-order valence-corrected chi connectivity index (χ2v) is 5.84. The molecular formula is C15H25N3O2. The maximum absolute atomic E-state index is 12.2. The number of hydrogen-bond donors (Lipinski definition) is 1. The molecule has 1 amide bonds. The zero-order chi connectivity index (χ0) is 15.4. The van der Waals surface area contributed by atoms with Crippen LogP contribution in [0.1, 0.15) is 55.4 Å². The molecule has 0 aliphatic rings. The molecule has 112 valence electrons. The monoisotopic (exact) mass is 279 g/mol. The molecule has 1 N–H and O–H groups in total. The minimum absolute atomic E-state index is 0.00568. The lowest BCUT2D eigenvalue weighted by molar-refractivity contribution is -0.117. The van der Waals surface area contributed by atoms with Gasteiger partial charge in [-0.25, -0.2) is 0 Å². The number of aromatic nitrogens is 2. The number of amides is 1. The van der Waals surface area contributed by atoms with Crippen LogP contribution in [-0.2, 0) is 11.8 Å². The van der Waals surface area contributed by atoms with Crippen LogP contribution in [0.5, 0.6) is 0 Å². The van der Waals surface area contributed by atoms with Crippen molar-refractivity contribution < 1.29 is 9.59 Å².